The Balaban J connectivity index is 1.36. The van der Waals surface area contributed by atoms with Gasteiger partial charge in [0.2, 0.25) is 5.89 Å². The van der Waals surface area contributed by atoms with Gasteiger partial charge in [0.1, 0.15) is 0 Å². The van der Waals surface area contributed by atoms with Gasteiger partial charge in [-0.15, -0.1) is 0 Å². The molecular formula is C18H20N6O3. The summed E-state index contributed by atoms with van der Waals surface area (Å²) in [5.41, 5.74) is 1.06. The summed E-state index contributed by atoms with van der Waals surface area (Å²) in [4.78, 5) is 18.8. The zero-order chi connectivity index (χ0) is 18.6. The molecule has 4 rings (SSSR count). The number of benzene rings is 1. The predicted octanol–water partition coefficient (Wildman–Crippen LogP) is 1.23. The van der Waals surface area contributed by atoms with Crippen molar-refractivity contribution < 1.29 is 13.8 Å². The first-order chi connectivity index (χ1) is 13.2. The second-order valence-electron chi connectivity index (χ2n) is 6.37. The standard InChI is InChI=1S/C18H20N6O3/c1-24-8-7-19-10-14(24)17-21-16(27-23-17)11-20-18(25)13-9-15(26-22-13)12-5-3-2-4-6-12/h2-6,9,14,19H,7-8,10-11H2,1H3,(H,20,25). The van der Waals surface area contributed by atoms with Crippen molar-refractivity contribution in [2.24, 2.45) is 0 Å². The quantitative estimate of drug-likeness (QED) is 0.692. The van der Waals surface area contributed by atoms with E-state index in [0.29, 0.717) is 17.5 Å². The Labute approximate surface area is 155 Å². The Morgan fingerprint density at radius 3 is 2.96 bits per heavy atom. The lowest BCUT2D eigenvalue weighted by molar-refractivity contribution is 0.0937. The second kappa shape index (κ2) is 7.68. The van der Waals surface area contributed by atoms with Crippen LogP contribution >= 0.6 is 0 Å². The Bertz CT molecular complexity index is 907. The molecule has 1 aliphatic heterocycles. The molecule has 0 spiro atoms. The molecule has 2 aromatic heterocycles. The van der Waals surface area contributed by atoms with Crippen LogP contribution in [0, 0.1) is 0 Å². The van der Waals surface area contributed by atoms with Crippen LogP contribution in [0.3, 0.4) is 0 Å². The second-order valence-corrected chi connectivity index (χ2v) is 6.37. The lowest BCUT2D eigenvalue weighted by Crippen LogP contribution is -2.44. The molecule has 1 aliphatic rings. The molecule has 0 radical (unpaired) electrons. The lowest BCUT2D eigenvalue weighted by Gasteiger charge is -2.30. The average molecular weight is 368 g/mol. The van der Waals surface area contributed by atoms with Gasteiger partial charge in [0, 0.05) is 31.3 Å². The maximum atomic E-state index is 12.3. The number of hydrogen-bond donors (Lipinski definition) is 2. The van der Waals surface area contributed by atoms with Gasteiger partial charge in [0.25, 0.3) is 5.91 Å². The van der Waals surface area contributed by atoms with E-state index in [9.17, 15) is 4.79 Å². The van der Waals surface area contributed by atoms with Crippen LogP contribution in [0.5, 0.6) is 0 Å². The molecule has 3 aromatic rings. The summed E-state index contributed by atoms with van der Waals surface area (Å²) in [7, 11) is 2.03. The molecule has 27 heavy (non-hydrogen) atoms. The van der Waals surface area contributed by atoms with E-state index >= 15 is 0 Å². The zero-order valence-corrected chi connectivity index (χ0v) is 14.9. The van der Waals surface area contributed by atoms with E-state index < -0.39 is 0 Å². The highest BCUT2D eigenvalue weighted by Gasteiger charge is 2.25. The molecule has 0 bridgehead atoms. The zero-order valence-electron chi connectivity index (χ0n) is 14.9. The van der Waals surface area contributed by atoms with Crippen molar-refractivity contribution in [3.8, 4) is 11.3 Å². The number of nitrogens with one attached hydrogen (secondary N) is 2. The number of amides is 1. The van der Waals surface area contributed by atoms with E-state index in [4.69, 9.17) is 9.05 Å². The monoisotopic (exact) mass is 368 g/mol. The molecular weight excluding hydrogens is 348 g/mol. The summed E-state index contributed by atoms with van der Waals surface area (Å²) in [6, 6.07) is 11.1. The first kappa shape index (κ1) is 17.4. The smallest absolute Gasteiger partial charge is 0.273 e. The number of carbonyl (C=O) groups excluding carboxylic acids is 1. The highest BCUT2D eigenvalue weighted by molar-refractivity contribution is 5.92. The van der Waals surface area contributed by atoms with Crippen molar-refractivity contribution in [3.05, 3.63) is 53.8 Å². The molecule has 140 valence electrons. The highest BCUT2D eigenvalue weighted by atomic mass is 16.5. The summed E-state index contributed by atoms with van der Waals surface area (Å²) < 4.78 is 10.5. The Hall–Kier alpha value is -3.04. The van der Waals surface area contributed by atoms with Gasteiger partial charge in [-0.25, -0.2) is 0 Å². The minimum Gasteiger partial charge on any atom is -0.355 e. The van der Waals surface area contributed by atoms with Crippen LogP contribution in [0.25, 0.3) is 11.3 Å². The molecule has 2 N–H and O–H groups in total. The van der Waals surface area contributed by atoms with E-state index in [-0.39, 0.29) is 24.2 Å². The molecule has 1 amide bonds. The van der Waals surface area contributed by atoms with Crippen LogP contribution in [0.1, 0.15) is 28.2 Å². The molecule has 0 saturated carbocycles. The van der Waals surface area contributed by atoms with Crippen LogP contribution in [0.4, 0.5) is 0 Å². The van der Waals surface area contributed by atoms with Gasteiger partial charge < -0.3 is 19.7 Å². The molecule has 9 nitrogen and oxygen atoms in total. The number of rotatable bonds is 5. The fourth-order valence-corrected chi connectivity index (χ4v) is 2.94. The lowest BCUT2D eigenvalue weighted by atomic mass is 10.1. The molecule has 9 heteroatoms. The van der Waals surface area contributed by atoms with Crippen molar-refractivity contribution in [3.63, 3.8) is 0 Å². The minimum absolute atomic E-state index is 0.0657. The van der Waals surface area contributed by atoms with Gasteiger partial charge in [0.05, 0.1) is 12.6 Å². The number of likely N-dealkylation sites (N-methyl/N-ethyl adjacent to an activating group) is 1. The fraction of sp³-hybridized carbons (Fsp3) is 0.333. The summed E-state index contributed by atoms with van der Waals surface area (Å²) in [5.74, 6) is 1.14. The van der Waals surface area contributed by atoms with Gasteiger partial charge in [-0.05, 0) is 7.05 Å². The molecule has 1 aromatic carbocycles. The Morgan fingerprint density at radius 2 is 2.15 bits per heavy atom. The maximum absolute atomic E-state index is 12.3. The number of aromatic nitrogens is 3. The topological polar surface area (TPSA) is 109 Å². The first-order valence-electron chi connectivity index (χ1n) is 8.74. The minimum atomic E-state index is -0.364. The van der Waals surface area contributed by atoms with E-state index in [1.165, 1.54) is 0 Å². The van der Waals surface area contributed by atoms with E-state index in [1.54, 1.807) is 6.07 Å². The van der Waals surface area contributed by atoms with Crippen molar-refractivity contribution >= 4 is 5.91 Å². The SMILES string of the molecule is CN1CCNCC1c1noc(CNC(=O)c2cc(-c3ccccc3)on2)n1. The Kier molecular flexibility index (Phi) is 4.95. The van der Waals surface area contributed by atoms with Crippen molar-refractivity contribution in [2.45, 2.75) is 12.6 Å². The molecule has 0 aliphatic carbocycles. The van der Waals surface area contributed by atoms with Crippen LogP contribution in [-0.2, 0) is 6.54 Å². The first-order valence-corrected chi connectivity index (χ1v) is 8.74. The maximum Gasteiger partial charge on any atom is 0.273 e. The number of piperazine rings is 1. The summed E-state index contributed by atoms with van der Waals surface area (Å²) in [6.45, 7) is 2.75. The summed E-state index contributed by atoms with van der Waals surface area (Å²) in [6.07, 6.45) is 0. The predicted molar refractivity (Wildman–Crippen MR) is 95.6 cm³/mol. The molecule has 1 unspecified atom stereocenters. The van der Waals surface area contributed by atoms with Gasteiger partial charge in [-0.3, -0.25) is 9.69 Å². The summed E-state index contributed by atoms with van der Waals surface area (Å²) >= 11 is 0. The molecule has 1 atom stereocenters. The average Bonchev–Trinajstić information content (AvgIpc) is 3.37. The normalized spacial score (nSPS) is 17.7. The van der Waals surface area contributed by atoms with Crippen molar-refractivity contribution in [2.75, 3.05) is 26.7 Å². The molecule has 1 fully saturated rings. The third kappa shape index (κ3) is 3.88. The van der Waals surface area contributed by atoms with Crippen LogP contribution in [-0.4, -0.2) is 52.8 Å². The van der Waals surface area contributed by atoms with Crippen molar-refractivity contribution in [1.82, 2.24) is 30.8 Å². The van der Waals surface area contributed by atoms with Gasteiger partial charge in [-0.1, -0.05) is 40.6 Å². The molecule has 1 saturated heterocycles. The third-order valence-electron chi connectivity index (χ3n) is 4.49. The Morgan fingerprint density at radius 1 is 1.30 bits per heavy atom. The molecule has 3 heterocycles. The van der Waals surface area contributed by atoms with Crippen LogP contribution < -0.4 is 10.6 Å². The van der Waals surface area contributed by atoms with Gasteiger partial charge in [0.15, 0.2) is 17.3 Å². The van der Waals surface area contributed by atoms with Crippen LogP contribution in [0.15, 0.2) is 45.4 Å². The van der Waals surface area contributed by atoms with Crippen molar-refractivity contribution in [1.29, 1.82) is 0 Å². The van der Waals surface area contributed by atoms with Gasteiger partial charge in [-0.2, -0.15) is 4.98 Å². The van der Waals surface area contributed by atoms with Gasteiger partial charge >= 0.3 is 0 Å². The van der Waals surface area contributed by atoms with E-state index in [1.807, 2.05) is 37.4 Å². The number of nitrogens with zero attached hydrogens (tertiary/aromatic N) is 4. The highest BCUT2D eigenvalue weighted by Crippen LogP contribution is 2.20. The number of carbonyl (C=O) groups is 1. The fourth-order valence-electron chi connectivity index (χ4n) is 2.94. The largest absolute Gasteiger partial charge is 0.355 e. The van der Waals surface area contributed by atoms with E-state index in [0.717, 1.165) is 25.2 Å². The van der Waals surface area contributed by atoms with Crippen LogP contribution in [0.2, 0.25) is 0 Å². The number of hydrogen-bond acceptors (Lipinski definition) is 8. The third-order valence-corrected chi connectivity index (χ3v) is 4.49. The van der Waals surface area contributed by atoms with E-state index in [2.05, 4.69) is 30.8 Å². The summed E-state index contributed by atoms with van der Waals surface area (Å²) in [5, 5.41) is 13.9.